The summed E-state index contributed by atoms with van der Waals surface area (Å²) in [4.78, 5) is 13.2. The van der Waals surface area contributed by atoms with Crippen molar-refractivity contribution in [2.75, 3.05) is 0 Å². The molecule has 24 heavy (non-hydrogen) atoms. The van der Waals surface area contributed by atoms with Crippen molar-refractivity contribution in [2.45, 2.75) is 20.8 Å². The average Bonchev–Trinajstić information content (AvgIpc) is 3.20. The van der Waals surface area contributed by atoms with Crippen LogP contribution in [-0.4, -0.2) is 22.3 Å². The molecule has 2 N–H and O–H groups in total. The van der Waals surface area contributed by atoms with Crippen LogP contribution in [0.2, 0.25) is 0 Å². The molecule has 0 saturated heterocycles. The molecule has 0 atom stereocenters. The Morgan fingerprint density at radius 1 is 1.17 bits per heavy atom. The van der Waals surface area contributed by atoms with Gasteiger partial charge in [0.2, 0.25) is 0 Å². The zero-order chi connectivity index (χ0) is 17.1. The van der Waals surface area contributed by atoms with Crippen molar-refractivity contribution >= 4 is 23.5 Å². The van der Waals surface area contributed by atoms with Crippen molar-refractivity contribution in [2.24, 2.45) is 5.10 Å². The highest BCUT2D eigenvalue weighted by Crippen LogP contribution is 2.20. The molecule has 0 spiro atoms. The number of benzene rings is 1. The maximum absolute atomic E-state index is 12.1. The highest BCUT2D eigenvalue weighted by Gasteiger charge is 2.11. The zero-order valence-electron chi connectivity index (χ0n) is 13.8. The minimum absolute atomic E-state index is 0.317. The average molecular weight is 338 g/mol. The number of nitrogens with zero attached hydrogens (tertiary/aromatic N) is 2. The quantitative estimate of drug-likeness (QED) is 0.561. The van der Waals surface area contributed by atoms with E-state index in [0.29, 0.717) is 5.69 Å². The summed E-state index contributed by atoms with van der Waals surface area (Å²) in [7, 11) is 0. The van der Waals surface area contributed by atoms with E-state index in [1.54, 1.807) is 23.6 Å². The van der Waals surface area contributed by atoms with E-state index in [1.165, 1.54) is 11.1 Å². The van der Waals surface area contributed by atoms with E-state index in [9.17, 15) is 4.79 Å². The lowest BCUT2D eigenvalue weighted by atomic mass is 10.0. The number of aryl methyl sites for hydroxylation is 3. The van der Waals surface area contributed by atoms with Gasteiger partial charge in [0.1, 0.15) is 5.69 Å². The first-order chi connectivity index (χ1) is 11.5. The molecule has 0 bridgehead atoms. The van der Waals surface area contributed by atoms with Crippen molar-refractivity contribution < 1.29 is 4.79 Å². The monoisotopic (exact) mass is 338 g/mol. The van der Waals surface area contributed by atoms with Crippen LogP contribution < -0.4 is 5.43 Å². The number of aromatic amines is 1. The molecule has 0 fully saturated rings. The Hall–Kier alpha value is -2.73. The summed E-state index contributed by atoms with van der Waals surface area (Å²) in [6, 6.07) is 9.85. The van der Waals surface area contributed by atoms with E-state index in [4.69, 9.17) is 0 Å². The summed E-state index contributed by atoms with van der Waals surface area (Å²) >= 11 is 1.58. The predicted molar refractivity (Wildman–Crippen MR) is 97.6 cm³/mol. The van der Waals surface area contributed by atoms with Crippen LogP contribution in [0.1, 0.15) is 32.1 Å². The van der Waals surface area contributed by atoms with Crippen molar-refractivity contribution in [3.63, 3.8) is 0 Å². The molecule has 6 heteroatoms. The molecular weight excluding hydrogens is 320 g/mol. The third-order valence-corrected chi connectivity index (χ3v) is 4.83. The molecular formula is C18H18N4OS. The number of thiophene rings is 1. The van der Waals surface area contributed by atoms with Crippen molar-refractivity contribution in [1.29, 1.82) is 0 Å². The number of rotatable bonds is 4. The summed E-state index contributed by atoms with van der Waals surface area (Å²) in [6.45, 7) is 6.13. The Bertz CT molecular complexity index is 907. The highest BCUT2D eigenvalue weighted by atomic mass is 32.1. The Morgan fingerprint density at radius 2 is 2.00 bits per heavy atom. The Labute approximate surface area is 144 Å². The van der Waals surface area contributed by atoms with E-state index < -0.39 is 0 Å². The molecule has 0 unspecified atom stereocenters. The van der Waals surface area contributed by atoms with Gasteiger partial charge in [0.05, 0.1) is 11.9 Å². The van der Waals surface area contributed by atoms with Gasteiger partial charge in [-0.25, -0.2) is 5.43 Å². The lowest BCUT2D eigenvalue weighted by Crippen LogP contribution is -2.17. The van der Waals surface area contributed by atoms with Gasteiger partial charge in [-0.05, 0) is 61.0 Å². The van der Waals surface area contributed by atoms with Gasteiger partial charge in [-0.15, -0.1) is 11.3 Å². The summed E-state index contributed by atoms with van der Waals surface area (Å²) < 4.78 is 0. The predicted octanol–water partition coefficient (Wildman–Crippen LogP) is 3.83. The number of aromatic nitrogens is 2. The zero-order valence-corrected chi connectivity index (χ0v) is 14.6. The van der Waals surface area contributed by atoms with Crippen LogP contribution >= 0.6 is 11.3 Å². The van der Waals surface area contributed by atoms with Crippen LogP contribution in [0.5, 0.6) is 0 Å². The van der Waals surface area contributed by atoms with Gasteiger partial charge in [0.15, 0.2) is 0 Å². The van der Waals surface area contributed by atoms with Crippen LogP contribution in [0.15, 0.2) is 40.8 Å². The maximum Gasteiger partial charge on any atom is 0.289 e. The molecule has 0 aliphatic carbocycles. The molecule has 0 saturated carbocycles. The molecule has 5 nitrogen and oxygen atoms in total. The number of nitrogens with one attached hydrogen (secondary N) is 2. The van der Waals surface area contributed by atoms with E-state index in [-0.39, 0.29) is 5.91 Å². The lowest BCUT2D eigenvalue weighted by molar-refractivity contribution is 0.0950. The molecule has 0 radical (unpaired) electrons. The highest BCUT2D eigenvalue weighted by molar-refractivity contribution is 7.11. The van der Waals surface area contributed by atoms with Crippen LogP contribution in [0, 0.1) is 20.8 Å². The fourth-order valence-corrected chi connectivity index (χ4v) is 3.00. The number of hydrogen-bond acceptors (Lipinski definition) is 4. The van der Waals surface area contributed by atoms with Gasteiger partial charge in [-0.3, -0.25) is 9.89 Å². The first kappa shape index (κ1) is 16.1. The minimum Gasteiger partial charge on any atom is -0.272 e. The normalized spacial score (nSPS) is 11.1. The molecule has 2 heterocycles. The third-order valence-electron chi connectivity index (χ3n) is 3.87. The number of hydrazone groups is 1. The van der Waals surface area contributed by atoms with Gasteiger partial charge < -0.3 is 0 Å². The topological polar surface area (TPSA) is 70.1 Å². The van der Waals surface area contributed by atoms with Crippen LogP contribution in [0.25, 0.3) is 11.3 Å². The number of hydrogen-bond donors (Lipinski definition) is 2. The Kier molecular flexibility index (Phi) is 4.57. The molecule has 0 aliphatic rings. The number of amides is 1. The van der Waals surface area contributed by atoms with Crippen molar-refractivity contribution in [3.05, 3.63) is 63.0 Å². The van der Waals surface area contributed by atoms with Crippen LogP contribution in [0.3, 0.4) is 0 Å². The molecule has 2 aromatic heterocycles. The molecule has 1 amide bonds. The van der Waals surface area contributed by atoms with Crippen molar-refractivity contribution in [1.82, 2.24) is 15.6 Å². The third kappa shape index (κ3) is 3.44. The first-order valence-electron chi connectivity index (χ1n) is 7.55. The standard InChI is InChI=1S/C18H18N4OS/c1-11-4-5-14(8-13(11)3)15-9-16(21-20-15)18(23)22-19-10-17-12(2)6-7-24-17/h4-10H,1-3H3,(H,20,21)(H,22,23)/b19-10+. The van der Waals surface area contributed by atoms with Gasteiger partial charge >= 0.3 is 0 Å². The summed E-state index contributed by atoms with van der Waals surface area (Å²) in [5, 5.41) is 13.0. The van der Waals surface area contributed by atoms with E-state index in [1.807, 2.05) is 30.5 Å². The minimum atomic E-state index is -0.317. The summed E-state index contributed by atoms with van der Waals surface area (Å²) in [6.07, 6.45) is 1.65. The fourth-order valence-electron chi connectivity index (χ4n) is 2.21. The maximum atomic E-state index is 12.1. The molecule has 3 aromatic rings. The number of carbonyl (C=O) groups excluding carboxylic acids is 1. The Balaban J connectivity index is 1.70. The van der Waals surface area contributed by atoms with Crippen LogP contribution in [0.4, 0.5) is 0 Å². The second-order valence-corrected chi connectivity index (χ2v) is 6.58. The fraction of sp³-hybridized carbons (Fsp3) is 0.167. The molecule has 0 aliphatic heterocycles. The van der Waals surface area contributed by atoms with Crippen LogP contribution in [-0.2, 0) is 0 Å². The Morgan fingerprint density at radius 3 is 2.71 bits per heavy atom. The van der Waals surface area contributed by atoms with Gasteiger partial charge in [0.25, 0.3) is 5.91 Å². The second-order valence-electron chi connectivity index (χ2n) is 5.63. The van der Waals surface area contributed by atoms with Gasteiger partial charge in [-0.2, -0.15) is 10.2 Å². The first-order valence-corrected chi connectivity index (χ1v) is 8.43. The molecule has 3 rings (SSSR count). The smallest absolute Gasteiger partial charge is 0.272 e. The lowest BCUT2D eigenvalue weighted by Gasteiger charge is -2.01. The van der Waals surface area contributed by atoms with Gasteiger partial charge in [-0.1, -0.05) is 12.1 Å². The van der Waals surface area contributed by atoms with E-state index in [0.717, 1.165) is 21.7 Å². The number of carbonyl (C=O) groups is 1. The van der Waals surface area contributed by atoms with E-state index in [2.05, 4.69) is 40.6 Å². The molecule has 122 valence electrons. The van der Waals surface area contributed by atoms with Gasteiger partial charge in [0, 0.05) is 10.4 Å². The van der Waals surface area contributed by atoms with Crippen molar-refractivity contribution in [3.8, 4) is 11.3 Å². The summed E-state index contributed by atoms with van der Waals surface area (Å²) in [5.74, 6) is -0.317. The molecule has 1 aromatic carbocycles. The van der Waals surface area contributed by atoms with E-state index >= 15 is 0 Å². The second kappa shape index (κ2) is 6.80. The largest absolute Gasteiger partial charge is 0.289 e. The number of H-pyrrole nitrogens is 1. The summed E-state index contributed by atoms with van der Waals surface area (Å²) in [5.41, 5.74) is 8.16. The SMILES string of the molecule is Cc1ccc(-c2cc(C(=O)N/N=C/c3sccc3C)[nH]n2)cc1C.